The number of sulfone groups is 1. The van der Waals surface area contributed by atoms with Crippen LogP contribution in [0.4, 0.5) is 5.00 Å². The predicted octanol–water partition coefficient (Wildman–Crippen LogP) is 1.76. The second-order valence-corrected chi connectivity index (χ2v) is 9.42. The van der Waals surface area contributed by atoms with Crippen molar-refractivity contribution in [1.82, 2.24) is 4.90 Å². The van der Waals surface area contributed by atoms with E-state index in [1.807, 2.05) is 24.3 Å². The molecule has 1 aromatic carbocycles. The Kier molecular flexibility index (Phi) is 5.89. The number of ether oxygens (including phenoxy) is 2. The lowest BCUT2D eigenvalue weighted by Crippen LogP contribution is -2.34. The highest BCUT2D eigenvalue weighted by Gasteiger charge is 2.39. The summed E-state index contributed by atoms with van der Waals surface area (Å²) < 4.78 is 32.4. The van der Waals surface area contributed by atoms with Gasteiger partial charge in [0.25, 0.3) is 11.8 Å². The first-order chi connectivity index (χ1) is 13.7. The first-order valence-corrected chi connectivity index (χ1v) is 11.4. The molecule has 0 fully saturated rings. The summed E-state index contributed by atoms with van der Waals surface area (Å²) in [5.74, 6) is -0.0344. The third-order valence-corrected chi connectivity index (χ3v) is 5.80. The molecule has 3 amide bonds. The van der Waals surface area contributed by atoms with Crippen molar-refractivity contribution in [3.05, 3.63) is 40.8 Å². The second kappa shape index (κ2) is 8.21. The van der Waals surface area contributed by atoms with Crippen molar-refractivity contribution >= 4 is 43.9 Å². The average molecular weight is 438 g/mol. The second-order valence-electron chi connectivity index (χ2n) is 6.28. The number of carbonyl (C=O) groups is 3. The quantitative estimate of drug-likeness (QED) is 0.723. The Morgan fingerprint density at radius 1 is 1.17 bits per heavy atom. The van der Waals surface area contributed by atoms with Crippen molar-refractivity contribution in [1.29, 1.82) is 0 Å². The van der Waals surface area contributed by atoms with Gasteiger partial charge in [-0.05, 0) is 12.1 Å². The number of amides is 3. The monoisotopic (exact) mass is 438 g/mol. The molecule has 2 aliphatic rings. The highest BCUT2D eigenvalue weighted by Crippen LogP contribution is 2.35. The molecule has 2 aliphatic heterocycles. The van der Waals surface area contributed by atoms with E-state index < -0.39 is 21.7 Å². The molecule has 0 spiro atoms. The smallest absolute Gasteiger partial charge is 0.264 e. The number of fused-ring (bicyclic) bond motifs is 2. The van der Waals surface area contributed by atoms with Crippen molar-refractivity contribution in [3.63, 3.8) is 0 Å². The minimum absolute atomic E-state index is 0.142. The van der Waals surface area contributed by atoms with Gasteiger partial charge in [-0.25, -0.2) is 8.42 Å². The Morgan fingerprint density at radius 3 is 2.34 bits per heavy atom. The van der Waals surface area contributed by atoms with Gasteiger partial charge in [0.1, 0.15) is 14.8 Å². The number of carbonyl (C=O) groups excluding carboxylic acids is 3. The number of imide groups is 1. The third-order valence-electron chi connectivity index (χ3n) is 3.98. The molecule has 11 heteroatoms. The molecular weight excluding hydrogens is 420 g/mol. The van der Waals surface area contributed by atoms with E-state index in [0.29, 0.717) is 11.8 Å². The summed E-state index contributed by atoms with van der Waals surface area (Å²) in [6.07, 6.45) is 1.04. The zero-order valence-corrected chi connectivity index (χ0v) is 17.3. The summed E-state index contributed by atoms with van der Waals surface area (Å²) >= 11 is 1.09. The zero-order chi connectivity index (χ0) is 21.2. The van der Waals surface area contributed by atoms with Gasteiger partial charge in [-0.3, -0.25) is 19.3 Å². The van der Waals surface area contributed by atoms with Crippen LogP contribution in [-0.4, -0.2) is 56.4 Å². The van der Waals surface area contributed by atoms with Crippen molar-refractivity contribution in [2.45, 2.75) is 6.92 Å². The fourth-order valence-corrected chi connectivity index (χ4v) is 4.14. The summed E-state index contributed by atoms with van der Waals surface area (Å²) in [6, 6.07) is 7.63. The van der Waals surface area contributed by atoms with Gasteiger partial charge in [0.15, 0.2) is 11.5 Å². The van der Waals surface area contributed by atoms with Crippen molar-refractivity contribution in [2.24, 2.45) is 0 Å². The Balaban J connectivity index is 0.000000220. The molecule has 154 valence electrons. The van der Waals surface area contributed by atoms with Gasteiger partial charge in [0.2, 0.25) is 12.7 Å². The normalized spacial score (nSPS) is 14.3. The van der Waals surface area contributed by atoms with E-state index in [1.165, 1.54) is 12.3 Å². The maximum Gasteiger partial charge on any atom is 0.264 e. The number of para-hydroxylation sites is 2. The van der Waals surface area contributed by atoms with Crippen LogP contribution in [0.1, 0.15) is 27.6 Å². The van der Waals surface area contributed by atoms with E-state index in [2.05, 4.69) is 5.32 Å². The molecule has 1 aromatic heterocycles. The Hall–Kier alpha value is -2.92. The lowest BCUT2D eigenvalue weighted by molar-refractivity contribution is -0.114. The van der Waals surface area contributed by atoms with Crippen LogP contribution in [-0.2, 0) is 14.6 Å². The van der Waals surface area contributed by atoms with E-state index in [0.717, 1.165) is 34.0 Å². The van der Waals surface area contributed by atoms with Crippen LogP contribution in [0.5, 0.6) is 11.5 Å². The molecule has 4 rings (SSSR count). The van der Waals surface area contributed by atoms with Gasteiger partial charge < -0.3 is 14.8 Å². The lowest BCUT2D eigenvalue weighted by atomic mass is 10.2. The first-order valence-electron chi connectivity index (χ1n) is 8.45. The summed E-state index contributed by atoms with van der Waals surface area (Å²) in [5.41, 5.74) is 0.348. The summed E-state index contributed by atoms with van der Waals surface area (Å²) in [5, 5.41) is 4.29. The number of thiophene rings is 1. The van der Waals surface area contributed by atoms with Crippen LogP contribution < -0.4 is 14.8 Å². The number of hydrogen-bond acceptors (Lipinski definition) is 8. The highest BCUT2D eigenvalue weighted by molar-refractivity contribution is 7.90. The van der Waals surface area contributed by atoms with Crippen molar-refractivity contribution in [2.75, 3.05) is 30.7 Å². The van der Waals surface area contributed by atoms with E-state index in [9.17, 15) is 22.8 Å². The fraction of sp³-hybridized carbons (Fsp3) is 0.278. The van der Waals surface area contributed by atoms with Crippen LogP contribution in [0.25, 0.3) is 0 Å². The maximum atomic E-state index is 12.2. The topological polar surface area (TPSA) is 119 Å². The van der Waals surface area contributed by atoms with Gasteiger partial charge in [-0.15, -0.1) is 11.3 Å². The van der Waals surface area contributed by atoms with E-state index in [4.69, 9.17) is 9.47 Å². The molecule has 2 aromatic rings. The zero-order valence-electron chi connectivity index (χ0n) is 15.6. The Morgan fingerprint density at radius 2 is 1.79 bits per heavy atom. The van der Waals surface area contributed by atoms with Crippen LogP contribution in [0.15, 0.2) is 29.6 Å². The van der Waals surface area contributed by atoms with E-state index in [1.54, 1.807) is 0 Å². The van der Waals surface area contributed by atoms with Crippen LogP contribution in [0.2, 0.25) is 0 Å². The Labute approximate surface area is 171 Å². The van der Waals surface area contributed by atoms with Crippen LogP contribution in [0.3, 0.4) is 0 Å². The maximum absolute atomic E-state index is 12.2. The number of hydrogen-bond donors (Lipinski definition) is 1. The largest absolute Gasteiger partial charge is 0.454 e. The molecule has 0 aliphatic carbocycles. The van der Waals surface area contributed by atoms with Crippen molar-refractivity contribution < 1.29 is 32.3 Å². The molecule has 0 radical (unpaired) electrons. The molecule has 3 heterocycles. The average Bonchev–Trinajstić information content (AvgIpc) is 3.32. The minimum Gasteiger partial charge on any atom is -0.454 e. The van der Waals surface area contributed by atoms with E-state index in [-0.39, 0.29) is 29.3 Å². The highest BCUT2D eigenvalue weighted by atomic mass is 32.2. The van der Waals surface area contributed by atoms with Gasteiger partial charge in [-0.2, -0.15) is 0 Å². The summed E-state index contributed by atoms with van der Waals surface area (Å²) in [7, 11) is -3.27. The van der Waals surface area contributed by atoms with Crippen LogP contribution >= 0.6 is 11.3 Å². The van der Waals surface area contributed by atoms with Gasteiger partial charge in [0, 0.05) is 25.1 Å². The number of nitrogens with zero attached hydrogens (tertiary/aromatic N) is 1. The van der Waals surface area contributed by atoms with Gasteiger partial charge in [-0.1, -0.05) is 12.1 Å². The molecule has 0 saturated carbocycles. The molecule has 9 nitrogen and oxygen atoms in total. The fourth-order valence-electron chi connectivity index (χ4n) is 2.66. The number of anilines is 1. The predicted molar refractivity (Wildman–Crippen MR) is 106 cm³/mol. The molecule has 0 atom stereocenters. The molecular formula is C18H18N2O7S2. The first kappa shape index (κ1) is 20.8. The molecule has 29 heavy (non-hydrogen) atoms. The number of rotatable bonds is 4. The van der Waals surface area contributed by atoms with Gasteiger partial charge >= 0.3 is 0 Å². The van der Waals surface area contributed by atoms with E-state index >= 15 is 0 Å². The van der Waals surface area contributed by atoms with Crippen LogP contribution in [0, 0.1) is 0 Å². The van der Waals surface area contributed by atoms with Crippen molar-refractivity contribution in [3.8, 4) is 11.5 Å². The molecule has 0 unspecified atom stereocenters. The summed E-state index contributed by atoms with van der Waals surface area (Å²) in [4.78, 5) is 36.1. The molecule has 0 saturated heterocycles. The SMILES string of the molecule is CC(=O)Nc1scc2c1C(=O)N(CCS(C)(=O)=O)C2=O.c1ccc2c(c1)OCO2. The standard InChI is InChI=1S/C11H12N2O5S2.C7H6O2/c1-6(14)12-9-8-7(5-19-9)10(15)13(11(8)16)3-4-20(2,17)18;1-2-4-7-6(3-1)8-5-9-7/h5H,3-4H2,1-2H3,(H,12,14);1-4H,5H2. The minimum atomic E-state index is -3.27. The third kappa shape index (κ3) is 4.74. The van der Waals surface area contributed by atoms with Gasteiger partial charge in [0.05, 0.1) is 16.9 Å². The number of nitrogens with one attached hydrogen (secondary N) is 1. The summed E-state index contributed by atoms with van der Waals surface area (Å²) in [6.45, 7) is 1.48. The Bertz CT molecular complexity index is 1050. The lowest BCUT2D eigenvalue weighted by Gasteiger charge is -2.13. The molecule has 1 N–H and O–H groups in total. The number of benzene rings is 1. The molecule has 0 bridgehead atoms.